The van der Waals surface area contributed by atoms with Crippen LogP contribution < -0.4 is 10.2 Å². The Morgan fingerprint density at radius 3 is 2.55 bits per heavy atom. The molecule has 0 aliphatic heterocycles. The van der Waals surface area contributed by atoms with E-state index >= 15 is 0 Å². The predicted octanol–water partition coefficient (Wildman–Crippen LogP) is 5.11. The van der Waals surface area contributed by atoms with E-state index in [0.29, 0.717) is 39.4 Å². The summed E-state index contributed by atoms with van der Waals surface area (Å²) in [6, 6.07) is 11.0. The maximum absolute atomic E-state index is 13.4. The van der Waals surface area contributed by atoms with Crippen LogP contribution in [0.4, 0.5) is 11.4 Å². The second-order valence-corrected chi connectivity index (χ2v) is 8.84. The first-order valence-electron chi connectivity index (χ1n) is 9.75. The molecule has 0 fully saturated rings. The van der Waals surface area contributed by atoms with Gasteiger partial charge in [0.2, 0.25) is 5.91 Å². The Labute approximate surface area is 183 Å². The van der Waals surface area contributed by atoms with Crippen LogP contribution in [-0.4, -0.2) is 29.0 Å². The van der Waals surface area contributed by atoms with Gasteiger partial charge in [0.05, 0.1) is 33.7 Å². The van der Waals surface area contributed by atoms with Crippen LogP contribution in [0.1, 0.15) is 32.7 Å². The summed E-state index contributed by atoms with van der Waals surface area (Å²) in [5.41, 5.74) is 4.09. The van der Waals surface area contributed by atoms with Crippen molar-refractivity contribution in [3.8, 4) is 11.3 Å². The third-order valence-electron chi connectivity index (χ3n) is 5.16. The molecule has 1 N–H and O–H groups in total. The van der Waals surface area contributed by atoms with Crippen molar-refractivity contribution in [2.75, 3.05) is 17.3 Å². The molecule has 4 rings (SSSR count). The number of thiophene rings is 1. The highest BCUT2D eigenvalue weighted by molar-refractivity contribution is 7.12. The van der Waals surface area contributed by atoms with Gasteiger partial charge in [-0.1, -0.05) is 17.3 Å². The molecule has 2 amide bonds. The molecule has 0 spiro atoms. The predicted molar refractivity (Wildman–Crippen MR) is 123 cm³/mol. The number of nitrogens with one attached hydrogen (secondary N) is 1. The van der Waals surface area contributed by atoms with Crippen LogP contribution >= 0.6 is 11.3 Å². The molecule has 8 heteroatoms. The second kappa shape index (κ2) is 7.96. The quantitative estimate of drug-likeness (QED) is 0.482. The Morgan fingerprint density at radius 1 is 1.13 bits per heavy atom. The first kappa shape index (κ1) is 20.7. The van der Waals surface area contributed by atoms with E-state index < -0.39 is 0 Å². The number of fused-ring (bicyclic) bond motifs is 1. The lowest BCUT2D eigenvalue weighted by molar-refractivity contribution is -0.116. The molecule has 0 aliphatic carbocycles. The average molecular weight is 435 g/mol. The Balaban J connectivity index is 1.81. The number of hydrogen-bond acceptors (Lipinski definition) is 6. The van der Waals surface area contributed by atoms with Crippen LogP contribution in [-0.2, 0) is 4.79 Å². The van der Waals surface area contributed by atoms with Crippen molar-refractivity contribution in [2.45, 2.75) is 27.7 Å². The Hall–Kier alpha value is -3.52. The molecule has 7 nitrogen and oxygen atoms in total. The lowest BCUT2D eigenvalue weighted by Crippen LogP contribution is -2.25. The van der Waals surface area contributed by atoms with E-state index in [0.717, 1.165) is 15.3 Å². The topological polar surface area (TPSA) is 88.3 Å². The minimum absolute atomic E-state index is 0.131. The summed E-state index contributed by atoms with van der Waals surface area (Å²) in [6.45, 7) is 7.32. The van der Waals surface area contributed by atoms with Crippen LogP contribution in [0.2, 0.25) is 0 Å². The van der Waals surface area contributed by atoms with Gasteiger partial charge in [-0.05, 0) is 45.0 Å². The van der Waals surface area contributed by atoms with E-state index in [1.165, 1.54) is 11.8 Å². The molecule has 1 aromatic carbocycles. The molecule has 0 saturated heterocycles. The summed E-state index contributed by atoms with van der Waals surface area (Å²) < 4.78 is 5.40. The fourth-order valence-electron chi connectivity index (χ4n) is 3.53. The van der Waals surface area contributed by atoms with E-state index in [-0.39, 0.29) is 11.8 Å². The summed E-state index contributed by atoms with van der Waals surface area (Å²) in [6.07, 6.45) is 0. The molecule has 0 atom stereocenters. The van der Waals surface area contributed by atoms with Gasteiger partial charge >= 0.3 is 0 Å². The number of amides is 2. The first-order valence-corrected chi connectivity index (χ1v) is 10.6. The van der Waals surface area contributed by atoms with Gasteiger partial charge in [-0.15, -0.1) is 11.3 Å². The van der Waals surface area contributed by atoms with Gasteiger partial charge in [0.25, 0.3) is 11.6 Å². The molecule has 0 saturated carbocycles. The van der Waals surface area contributed by atoms with E-state index in [1.54, 1.807) is 43.5 Å². The summed E-state index contributed by atoms with van der Waals surface area (Å²) in [4.78, 5) is 33.6. The summed E-state index contributed by atoms with van der Waals surface area (Å²) >= 11 is 1.68. The Bertz CT molecular complexity index is 1320. The van der Waals surface area contributed by atoms with Gasteiger partial charge in [0, 0.05) is 29.3 Å². The molecular weight excluding hydrogens is 412 g/mol. The van der Waals surface area contributed by atoms with Crippen molar-refractivity contribution in [3.05, 3.63) is 57.4 Å². The van der Waals surface area contributed by atoms with Crippen LogP contribution in [0, 0.1) is 20.8 Å². The number of pyridine rings is 1. The SMILES string of the molecule is CC(=O)N(C)c1ccccc1NC(=O)c1cc(-c2cc(C)sc2C)nc2onc(C)c12. The number of para-hydroxylation sites is 2. The average Bonchev–Trinajstić information content (AvgIpc) is 3.28. The standard InChI is InChI=1S/C23H22N4O3S/c1-12-10-16(14(3)31-12)19-11-17(21-13(2)26-30-23(21)25-19)22(29)24-18-8-6-7-9-20(18)27(5)15(4)28/h6-11H,1-5H3,(H,24,29). The van der Waals surface area contributed by atoms with Crippen LogP contribution in [0.3, 0.4) is 0 Å². The zero-order valence-electron chi connectivity index (χ0n) is 17.9. The van der Waals surface area contributed by atoms with E-state index in [4.69, 9.17) is 4.52 Å². The molecule has 158 valence electrons. The largest absolute Gasteiger partial charge is 0.335 e. The van der Waals surface area contributed by atoms with Crippen molar-refractivity contribution in [1.82, 2.24) is 10.1 Å². The maximum atomic E-state index is 13.4. The number of aryl methyl sites for hydroxylation is 3. The highest BCUT2D eigenvalue weighted by Gasteiger charge is 2.22. The number of nitrogens with zero attached hydrogens (tertiary/aromatic N) is 3. The van der Waals surface area contributed by atoms with Crippen molar-refractivity contribution in [1.29, 1.82) is 0 Å². The van der Waals surface area contributed by atoms with Crippen molar-refractivity contribution in [3.63, 3.8) is 0 Å². The van der Waals surface area contributed by atoms with Crippen LogP contribution in [0.15, 0.2) is 40.9 Å². The number of carbonyl (C=O) groups is 2. The lowest BCUT2D eigenvalue weighted by Gasteiger charge is -2.19. The molecular formula is C23H22N4O3S. The molecule has 0 bridgehead atoms. The zero-order chi connectivity index (χ0) is 22.3. The molecule has 3 aromatic heterocycles. The van der Waals surface area contributed by atoms with Gasteiger partial charge in [-0.2, -0.15) is 0 Å². The van der Waals surface area contributed by atoms with Gasteiger partial charge in [-0.25, -0.2) is 4.98 Å². The third kappa shape index (κ3) is 3.82. The number of benzene rings is 1. The highest BCUT2D eigenvalue weighted by atomic mass is 32.1. The molecule has 4 aromatic rings. The highest BCUT2D eigenvalue weighted by Crippen LogP contribution is 2.33. The summed E-state index contributed by atoms with van der Waals surface area (Å²) in [5, 5.41) is 7.52. The van der Waals surface area contributed by atoms with Crippen LogP contribution in [0.25, 0.3) is 22.4 Å². The summed E-state index contributed by atoms with van der Waals surface area (Å²) in [7, 11) is 1.67. The van der Waals surface area contributed by atoms with Crippen molar-refractivity contribution >= 4 is 45.6 Å². The second-order valence-electron chi connectivity index (χ2n) is 7.38. The lowest BCUT2D eigenvalue weighted by atomic mass is 10.1. The summed E-state index contributed by atoms with van der Waals surface area (Å²) in [5.74, 6) is -0.456. The minimum Gasteiger partial charge on any atom is -0.335 e. The monoisotopic (exact) mass is 434 g/mol. The van der Waals surface area contributed by atoms with Gasteiger partial charge in [0.1, 0.15) is 0 Å². The minimum atomic E-state index is -0.325. The van der Waals surface area contributed by atoms with Gasteiger partial charge < -0.3 is 14.7 Å². The van der Waals surface area contributed by atoms with Crippen LogP contribution in [0.5, 0.6) is 0 Å². The number of anilines is 2. The third-order valence-corrected chi connectivity index (χ3v) is 6.13. The number of carbonyl (C=O) groups excluding carboxylic acids is 2. The van der Waals surface area contributed by atoms with Gasteiger partial charge in [-0.3, -0.25) is 9.59 Å². The zero-order valence-corrected chi connectivity index (χ0v) is 18.8. The fraction of sp³-hybridized carbons (Fsp3) is 0.217. The molecule has 0 radical (unpaired) electrons. The number of rotatable bonds is 4. The van der Waals surface area contributed by atoms with Gasteiger partial charge in [0.15, 0.2) is 0 Å². The van der Waals surface area contributed by atoms with E-state index in [2.05, 4.69) is 21.5 Å². The molecule has 31 heavy (non-hydrogen) atoms. The normalized spacial score (nSPS) is 11.0. The van der Waals surface area contributed by atoms with E-state index in [9.17, 15) is 9.59 Å². The smallest absolute Gasteiger partial charge is 0.259 e. The maximum Gasteiger partial charge on any atom is 0.259 e. The number of aromatic nitrogens is 2. The van der Waals surface area contributed by atoms with E-state index in [1.807, 2.05) is 26.0 Å². The fourth-order valence-corrected chi connectivity index (χ4v) is 4.46. The van der Waals surface area contributed by atoms with Crippen molar-refractivity contribution < 1.29 is 14.1 Å². The molecule has 0 unspecified atom stereocenters. The molecule has 3 heterocycles. The first-order chi connectivity index (χ1) is 14.8. The Kier molecular flexibility index (Phi) is 5.32. The van der Waals surface area contributed by atoms with Crippen molar-refractivity contribution in [2.24, 2.45) is 0 Å². The number of hydrogen-bond donors (Lipinski definition) is 1. The Morgan fingerprint density at radius 2 is 1.87 bits per heavy atom. The molecule has 0 aliphatic rings.